The third-order valence-electron chi connectivity index (χ3n) is 3.79. The van der Waals surface area contributed by atoms with Crippen LogP contribution in [0.4, 0.5) is 5.69 Å². The Kier molecular flexibility index (Phi) is 8.35. The van der Waals surface area contributed by atoms with Crippen molar-refractivity contribution in [3.8, 4) is 5.75 Å². The van der Waals surface area contributed by atoms with Gasteiger partial charge in [0.05, 0.1) is 11.6 Å². The summed E-state index contributed by atoms with van der Waals surface area (Å²) >= 11 is 17.0. The zero-order valence-electron chi connectivity index (χ0n) is 15.2. The highest BCUT2D eigenvalue weighted by Gasteiger charge is 2.07. The molecule has 0 aromatic heterocycles. The van der Waals surface area contributed by atoms with E-state index < -0.39 is 0 Å². The molecule has 2 aromatic carbocycles. The monoisotopic (exact) mass is 424 g/mol. The van der Waals surface area contributed by atoms with Crippen LogP contribution in [0.1, 0.15) is 38.2 Å². The summed E-state index contributed by atoms with van der Waals surface area (Å²) in [5.41, 5.74) is 2.08. The summed E-state index contributed by atoms with van der Waals surface area (Å²) in [6.45, 7) is 4.64. The van der Waals surface area contributed by atoms with Crippen molar-refractivity contribution in [2.45, 2.75) is 32.6 Å². The van der Waals surface area contributed by atoms with Crippen molar-refractivity contribution in [3.63, 3.8) is 0 Å². The van der Waals surface area contributed by atoms with Gasteiger partial charge in [-0.1, -0.05) is 49.2 Å². The molecule has 2 aromatic rings. The highest BCUT2D eigenvalue weighted by Crippen LogP contribution is 2.27. The summed E-state index contributed by atoms with van der Waals surface area (Å²) in [5, 5.41) is 6.94. The van der Waals surface area contributed by atoms with Gasteiger partial charge in [0.1, 0.15) is 5.75 Å². The van der Waals surface area contributed by atoms with E-state index in [9.17, 15) is 4.79 Å². The van der Waals surface area contributed by atoms with Gasteiger partial charge in [0.25, 0.3) is 0 Å². The number of anilines is 1. The largest absolute Gasteiger partial charge is 0.492 e. The van der Waals surface area contributed by atoms with Gasteiger partial charge in [-0.3, -0.25) is 4.79 Å². The summed E-state index contributed by atoms with van der Waals surface area (Å²) in [7, 11) is 0. The van der Waals surface area contributed by atoms with Gasteiger partial charge in [0, 0.05) is 17.1 Å². The van der Waals surface area contributed by atoms with Crippen molar-refractivity contribution in [1.29, 1.82) is 0 Å². The highest BCUT2D eigenvalue weighted by atomic mass is 35.5. The average molecular weight is 425 g/mol. The molecule has 0 saturated heterocycles. The Bertz CT molecular complexity index is 795. The minimum absolute atomic E-state index is 0.169. The number of ether oxygens (including phenoxy) is 1. The van der Waals surface area contributed by atoms with Gasteiger partial charge in [0.2, 0.25) is 5.91 Å². The Morgan fingerprint density at radius 3 is 2.48 bits per heavy atom. The molecule has 0 unspecified atom stereocenters. The normalized spacial score (nSPS) is 10.6. The summed E-state index contributed by atoms with van der Waals surface area (Å²) in [5.74, 6) is 0.844. The van der Waals surface area contributed by atoms with E-state index in [0.717, 1.165) is 5.69 Å². The van der Waals surface area contributed by atoms with Gasteiger partial charge < -0.3 is 15.4 Å². The molecule has 0 bridgehead atoms. The zero-order chi connectivity index (χ0) is 19.8. The minimum atomic E-state index is -0.169. The Hall–Kier alpha value is -1.82. The van der Waals surface area contributed by atoms with Crippen LogP contribution in [0.5, 0.6) is 5.75 Å². The van der Waals surface area contributed by atoms with Gasteiger partial charge in [-0.15, -0.1) is 0 Å². The van der Waals surface area contributed by atoms with Gasteiger partial charge in [-0.05, 0) is 60.5 Å². The first-order valence-corrected chi connectivity index (χ1v) is 9.80. The predicted octanol–water partition coefficient (Wildman–Crippen LogP) is 5.79. The third kappa shape index (κ3) is 7.37. The maximum Gasteiger partial charge on any atom is 0.226 e. The number of thiocarbonyl (C=S) groups is 1. The molecule has 0 aliphatic carbocycles. The fourth-order valence-corrected chi connectivity index (χ4v) is 3.00. The van der Waals surface area contributed by atoms with E-state index in [2.05, 4.69) is 24.5 Å². The molecule has 0 aliphatic rings. The molecule has 1 amide bonds. The number of carbonyl (C=O) groups is 1. The highest BCUT2D eigenvalue weighted by molar-refractivity contribution is 7.80. The lowest BCUT2D eigenvalue weighted by molar-refractivity contribution is -0.119. The first-order valence-electron chi connectivity index (χ1n) is 8.64. The third-order valence-corrected chi connectivity index (χ3v) is 4.52. The fraction of sp³-hybridized carbons (Fsp3) is 0.300. The van der Waals surface area contributed by atoms with Gasteiger partial charge in [-0.25, -0.2) is 0 Å². The van der Waals surface area contributed by atoms with Crippen molar-refractivity contribution in [2.24, 2.45) is 0 Å². The summed E-state index contributed by atoms with van der Waals surface area (Å²) < 4.78 is 5.55. The fourth-order valence-electron chi connectivity index (χ4n) is 2.31. The Balaban J connectivity index is 1.69. The molecule has 0 saturated carbocycles. The molecule has 2 N–H and O–H groups in total. The molecule has 2 rings (SSSR count). The second-order valence-electron chi connectivity index (χ2n) is 6.31. The van der Waals surface area contributed by atoms with Crippen LogP contribution in [-0.4, -0.2) is 17.6 Å². The summed E-state index contributed by atoms with van der Waals surface area (Å²) in [6.07, 6.45) is 0.829. The summed E-state index contributed by atoms with van der Waals surface area (Å²) in [4.78, 5) is 12.0. The molecule has 0 spiro atoms. The van der Waals surface area contributed by atoms with Crippen LogP contribution in [0.25, 0.3) is 0 Å². The molecule has 0 aliphatic heterocycles. The van der Waals surface area contributed by atoms with E-state index in [1.165, 1.54) is 5.56 Å². The molecular formula is C20H22Cl2N2O2S. The molecular weight excluding hydrogens is 403 g/mol. The van der Waals surface area contributed by atoms with E-state index in [1.807, 2.05) is 24.3 Å². The standard InChI is InChI=1S/C20H22Cl2N2O2S/c1-13(2)14-5-8-16(9-6-14)23-20(27)24-19(25)4-3-11-26-18-10-7-15(21)12-17(18)22/h5-10,12-13H,3-4,11H2,1-2H3,(H2,23,24,25,27). The Morgan fingerprint density at radius 2 is 1.85 bits per heavy atom. The van der Waals surface area contributed by atoms with Crippen LogP contribution in [0.15, 0.2) is 42.5 Å². The van der Waals surface area contributed by atoms with Gasteiger partial charge in [0.15, 0.2) is 5.11 Å². The maximum absolute atomic E-state index is 12.0. The number of nitrogens with one attached hydrogen (secondary N) is 2. The van der Waals surface area contributed by atoms with Crippen LogP contribution in [0.2, 0.25) is 10.0 Å². The molecule has 144 valence electrons. The van der Waals surface area contributed by atoms with Crippen molar-refractivity contribution < 1.29 is 9.53 Å². The topological polar surface area (TPSA) is 50.4 Å². The molecule has 0 heterocycles. The lowest BCUT2D eigenvalue weighted by atomic mass is 10.0. The van der Waals surface area contributed by atoms with Crippen LogP contribution in [-0.2, 0) is 4.79 Å². The van der Waals surface area contributed by atoms with Crippen LogP contribution in [0.3, 0.4) is 0 Å². The molecule has 0 radical (unpaired) electrons. The van der Waals surface area contributed by atoms with E-state index in [0.29, 0.717) is 41.2 Å². The average Bonchev–Trinajstić information content (AvgIpc) is 2.60. The molecule has 0 fully saturated rings. The SMILES string of the molecule is CC(C)c1ccc(NC(=S)NC(=O)CCCOc2ccc(Cl)cc2Cl)cc1. The van der Waals surface area contributed by atoms with Crippen LogP contribution < -0.4 is 15.4 Å². The second-order valence-corrected chi connectivity index (χ2v) is 7.56. The summed E-state index contributed by atoms with van der Waals surface area (Å²) in [6, 6.07) is 13.0. The van der Waals surface area contributed by atoms with E-state index in [1.54, 1.807) is 18.2 Å². The quantitative estimate of drug-likeness (QED) is 0.436. The van der Waals surface area contributed by atoms with E-state index >= 15 is 0 Å². The van der Waals surface area contributed by atoms with Gasteiger partial charge in [-0.2, -0.15) is 0 Å². The number of hydrogen-bond acceptors (Lipinski definition) is 3. The molecule has 27 heavy (non-hydrogen) atoms. The minimum Gasteiger partial charge on any atom is -0.492 e. The number of hydrogen-bond donors (Lipinski definition) is 2. The lowest BCUT2D eigenvalue weighted by Crippen LogP contribution is -2.34. The molecule has 0 atom stereocenters. The Labute approximate surface area is 175 Å². The van der Waals surface area contributed by atoms with Gasteiger partial charge >= 0.3 is 0 Å². The predicted molar refractivity (Wildman–Crippen MR) is 116 cm³/mol. The van der Waals surface area contributed by atoms with Crippen LogP contribution in [0, 0.1) is 0 Å². The van der Waals surface area contributed by atoms with Crippen molar-refractivity contribution in [1.82, 2.24) is 5.32 Å². The second kappa shape index (κ2) is 10.5. The van der Waals surface area contributed by atoms with Crippen molar-refractivity contribution in [3.05, 3.63) is 58.1 Å². The Morgan fingerprint density at radius 1 is 1.15 bits per heavy atom. The number of halogens is 2. The maximum atomic E-state index is 12.0. The number of carbonyl (C=O) groups excluding carboxylic acids is 1. The van der Waals surface area contributed by atoms with E-state index in [4.69, 9.17) is 40.2 Å². The first kappa shape index (κ1) is 21.5. The zero-order valence-corrected chi connectivity index (χ0v) is 17.5. The van der Waals surface area contributed by atoms with Crippen LogP contribution >= 0.6 is 35.4 Å². The van der Waals surface area contributed by atoms with E-state index in [-0.39, 0.29) is 11.0 Å². The smallest absolute Gasteiger partial charge is 0.226 e. The first-order chi connectivity index (χ1) is 12.8. The van der Waals surface area contributed by atoms with Crippen molar-refractivity contribution in [2.75, 3.05) is 11.9 Å². The van der Waals surface area contributed by atoms with Crippen molar-refractivity contribution >= 4 is 52.1 Å². The molecule has 7 heteroatoms. The molecule has 4 nitrogen and oxygen atoms in total. The number of rotatable bonds is 7. The number of amides is 1. The number of benzene rings is 2. The lowest BCUT2D eigenvalue weighted by Gasteiger charge is -2.11.